The molecular weight excluding hydrogens is 200 g/mol. The lowest BCUT2D eigenvalue weighted by Gasteiger charge is -2.21. The van der Waals surface area contributed by atoms with Crippen LogP contribution in [0.2, 0.25) is 0 Å². The predicted octanol–water partition coefficient (Wildman–Crippen LogP) is 2.07. The number of carbonyl (C=O) groups excluding carboxylic acids is 1. The van der Waals surface area contributed by atoms with Crippen LogP contribution in [0.25, 0.3) is 0 Å². The van der Waals surface area contributed by atoms with Gasteiger partial charge in [0.2, 0.25) is 5.91 Å². The van der Waals surface area contributed by atoms with Crippen molar-refractivity contribution < 1.29 is 4.79 Å². The zero-order chi connectivity index (χ0) is 11.8. The molecular formula is C13H26N2O. The topological polar surface area (TPSA) is 41.1 Å². The lowest BCUT2D eigenvalue weighted by atomic mass is 9.89. The second-order valence-electron chi connectivity index (χ2n) is 4.89. The number of hydrogen-bond acceptors (Lipinski definition) is 2. The second-order valence-corrected chi connectivity index (χ2v) is 4.89. The Morgan fingerprint density at radius 3 is 2.56 bits per heavy atom. The Hall–Kier alpha value is -0.570. The highest BCUT2D eigenvalue weighted by Gasteiger charge is 2.20. The first-order chi connectivity index (χ1) is 7.74. The summed E-state index contributed by atoms with van der Waals surface area (Å²) in [6.07, 6.45) is 7.07. The Morgan fingerprint density at radius 2 is 1.94 bits per heavy atom. The second kappa shape index (κ2) is 7.66. The quantitative estimate of drug-likeness (QED) is 0.681. The Bertz CT molecular complexity index is 200. The van der Waals surface area contributed by atoms with E-state index >= 15 is 0 Å². The predicted molar refractivity (Wildman–Crippen MR) is 67.3 cm³/mol. The summed E-state index contributed by atoms with van der Waals surface area (Å²) in [5.74, 6) is 0.558. The van der Waals surface area contributed by atoms with Gasteiger partial charge in [-0.1, -0.05) is 26.2 Å². The maximum Gasteiger partial charge on any atom is 0.223 e. The van der Waals surface area contributed by atoms with E-state index in [2.05, 4.69) is 24.5 Å². The van der Waals surface area contributed by atoms with Gasteiger partial charge in [0, 0.05) is 25.0 Å². The molecule has 1 aliphatic rings. The highest BCUT2D eigenvalue weighted by molar-refractivity contribution is 5.78. The van der Waals surface area contributed by atoms with Gasteiger partial charge in [-0.05, 0) is 26.2 Å². The van der Waals surface area contributed by atoms with Crippen LogP contribution in [0.1, 0.15) is 52.4 Å². The van der Waals surface area contributed by atoms with Gasteiger partial charge in [-0.15, -0.1) is 0 Å². The monoisotopic (exact) mass is 226 g/mol. The lowest BCUT2D eigenvalue weighted by Crippen LogP contribution is -2.38. The van der Waals surface area contributed by atoms with Crippen LogP contribution in [0.3, 0.4) is 0 Å². The molecule has 0 heterocycles. The Morgan fingerprint density at radius 1 is 1.25 bits per heavy atom. The molecule has 3 heteroatoms. The summed E-state index contributed by atoms with van der Waals surface area (Å²) in [6, 6.07) is 0.548. The fourth-order valence-corrected chi connectivity index (χ4v) is 2.16. The van der Waals surface area contributed by atoms with Crippen molar-refractivity contribution in [2.75, 3.05) is 13.1 Å². The molecule has 0 radical (unpaired) electrons. The van der Waals surface area contributed by atoms with Crippen molar-refractivity contribution in [2.45, 2.75) is 58.4 Å². The van der Waals surface area contributed by atoms with Crippen LogP contribution < -0.4 is 10.6 Å². The van der Waals surface area contributed by atoms with E-state index in [1.165, 1.54) is 19.3 Å². The molecule has 1 aliphatic carbocycles. The molecule has 1 unspecified atom stereocenters. The van der Waals surface area contributed by atoms with Crippen LogP contribution in [0.5, 0.6) is 0 Å². The van der Waals surface area contributed by atoms with Crippen molar-refractivity contribution in [1.29, 1.82) is 0 Å². The van der Waals surface area contributed by atoms with E-state index < -0.39 is 0 Å². The fourth-order valence-electron chi connectivity index (χ4n) is 2.16. The Labute approximate surface area is 99.4 Å². The molecule has 1 atom stereocenters. The largest absolute Gasteiger partial charge is 0.355 e. The van der Waals surface area contributed by atoms with Crippen LogP contribution in [0.4, 0.5) is 0 Å². The van der Waals surface area contributed by atoms with E-state index in [9.17, 15) is 4.79 Å². The summed E-state index contributed by atoms with van der Waals surface area (Å²) in [5, 5.41) is 6.41. The lowest BCUT2D eigenvalue weighted by molar-refractivity contribution is -0.125. The van der Waals surface area contributed by atoms with E-state index in [-0.39, 0.29) is 11.8 Å². The van der Waals surface area contributed by atoms with Crippen LogP contribution in [0.15, 0.2) is 0 Å². The minimum Gasteiger partial charge on any atom is -0.355 e. The van der Waals surface area contributed by atoms with Gasteiger partial charge in [0.25, 0.3) is 0 Å². The first-order valence-corrected chi connectivity index (χ1v) is 6.75. The molecule has 16 heavy (non-hydrogen) atoms. The average molecular weight is 226 g/mol. The number of hydrogen-bond donors (Lipinski definition) is 2. The molecule has 0 spiro atoms. The molecule has 2 N–H and O–H groups in total. The van der Waals surface area contributed by atoms with Crippen molar-refractivity contribution in [2.24, 2.45) is 5.92 Å². The van der Waals surface area contributed by atoms with Gasteiger partial charge in [0.15, 0.2) is 0 Å². The summed E-state index contributed by atoms with van der Waals surface area (Å²) < 4.78 is 0. The number of nitrogens with one attached hydrogen (secondary N) is 2. The summed E-state index contributed by atoms with van der Waals surface area (Å²) in [4.78, 5) is 11.8. The van der Waals surface area contributed by atoms with Crippen molar-refractivity contribution in [3.8, 4) is 0 Å². The smallest absolute Gasteiger partial charge is 0.223 e. The molecule has 0 aliphatic heterocycles. The number of amides is 1. The fraction of sp³-hybridized carbons (Fsp3) is 0.923. The molecule has 0 bridgehead atoms. The molecule has 0 aromatic rings. The molecule has 1 amide bonds. The van der Waals surface area contributed by atoms with Crippen molar-refractivity contribution >= 4 is 5.91 Å². The maximum atomic E-state index is 11.8. The SMILES string of the molecule is CCC(C)NCCNC(=O)C1CCCCC1. The van der Waals surface area contributed by atoms with E-state index in [0.29, 0.717) is 6.04 Å². The maximum absolute atomic E-state index is 11.8. The van der Waals surface area contributed by atoms with E-state index in [4.69, 9.17) is 0 Å². The molecule has 0 saturated heterocycles. The van der Waals surface area contributed by atoms with Gasteiger partial charge >= 0.3 is 0 Å². The van der Waals surface area contributed by atoms with Crippen molar-refractivity contribution in [3.63, 3.8) is 0 Å². The zero-order valence-electron chi connectivity index (χ0n) is 10.7. The minimum atomic E-state index is 0.269. The van der Waals surface area contributed by atoms with E-state index in [1.807, 2.05) is 0 Å². The normalized spacial score (nSPS) is 19.4. The summed E-state index contributed by atoms with van der Waals surface area (Å²) >= 11 is 0. The van der Waals surface area contributed by atoms with Crippen molar-refractivity contribution in [1.82, 2.24) is 10.6 Å². The summed E-state index contributed by atoms with van der Waals surface area (Å²) in [7, 11) is 0. The third-order valence-electron chi connectivity index (χ3n) is 3.51. The number of carbonyl (C=O) groups is 1. The molecule has 94 valence electrons. The summed E-state index contributed by atoms with van der Waals surface area (Å²) in [6.45, 7) is 5.98. The molecule has 3 nitrogen and oxygen atoms in total. The summed E-state index contributed by atoms with van der Waals surface area (Å²) in [5.41, 5.74) is 0. The van der Waals surface area contributed by atoms with Crippen LogP contribution in [0, 0.1) is 5.92 Å². The molecule has 0 aromatic heterocycles. The molecule has 1 fully saturated rings. The third kappa shape index (κ3) is 4.97. The average Bonchev–Trinajstić information content (AvgIpc) is 2.35. The van der Waals surface area contributed by atoms with E-state index in [1.54, 1.807) is 0 Å². The van der Waals surface area contributed by atoms with Gasteiger partial charge in [-0.2, -0.15) is 0 Å². The van der Waals surface area contributed by atoms with Gasteiger partial charge in [0.1, 0.15) is 0 Å². The molecule has 0 aromatic carbocycles. The minimum absolute atomic E-state index is 0.269. The first kappa shape index (κ1) is 13.5. The third-order valence-corrected chi connectivity index (χ3v) is 3.51. The van der Waals surface area contributed by atoms with Crippen LogP contribution in [-0.4, -0.2) is 25.0 Å². The van der Waals surface area contributed by atoms with Gasteiger partial charge in [0.05, 0.1) is 0 Å². The standard InChI is InChI=1S/C13H26N2O/c1-3-11(2)14-9-10-15-13(16)12-7-5-4-6-8-12/h11-12,14H,3-10H2,1-2H3,(H,15,16). The van der Waals surface area contributed by atoms with E-state index in [0.717, 1.165) is 32.4 Å². The highest BCUT2D eigenvalue weighted by atomic mass is 16.1. The Balaban J connectivity index is 2.05. The van der Waals surface area contributed by atoms with Gasteiger partial charge in [-0.25, -0.2) is 0 Å². The highest BCUT2D eigenvalue weighted by Crippen LogP contribution is 2.23. The number of rotatable bonds is 6. The van der Waals surface area contributed by atoms with Crippen LogP contribution >= 0.6 is 0 Å². The molecule has 1 rings (SSSR count). The van der Waals surface area contributed by atoms with Crippen LogP contribution in [-0.2, 0) is 4.79 Å². The first-order valence-electron chi connectivity index (χ1n) is 6.75. The van der Waals surface area contributed by atoms with Gasteiger partial charge < -0.3 is 10.6 Å². The van der Waals surface area contributed by atoms with Crippen molar-refractivity contribution in [3.05, 3.63) is 0 Å². The zero-order valence-corrected chi connectivity index (χ0v) is 10.7. The van der Waals surface area contributed by atoms with Gasteiger partial charge in [-0.3, -0.25) is 4.79 Å². The Kier molecular flexibility index (Phi) is 6.46. The molecule has 1 saturated carbocycles.